The van der Waals surface area contributed by atoms with E-state index in [-0.39, 0.29) is 21.9 Å². The number of carbonyl (C=O) groups is 2. The molecule has 31 heavy (non-hydrogen) atoms. The second kappa shape index (κ2) is 7.12. The van der Waals surface area contributed by atoms with Gasteiger partial charge < -0.3 is 9.40 Å². The normalized spacial score (nSPS) is 16.0. The number of alkyl halides is 3. The summed E-state index contributed by atoms with van der Waals surface area (Å²) in [5.74, 6) is -1.45. The Balaban J connectivity index is 1.75. The zero-order valence-corrected chi connectivity index (χ0v) is 15.7. The van der Waals surface area contributed by atoms with Gasteiger partial charge in [-0.15, -0.1) is 0 Å². The molecule has 3 aromatic rings. The minimum absolute atomic E-state index is 0.0485. The van der Waals surface area contributed by atoms with Crippen molar-refractivity contribution in [2.75, 3.05) is 4.90 Å². The SMILES string of the molecule is O=C1S/C(=C\c2ccc([N+](=O)[O-])o2)C(=O)N1c1ccc2[nH]c(=O)cc(C(F)(F)F)c2c1. The number of amides is 2. The molecule has 0 radical (unpaired) electrons. The van der Waals surface area contributed by atoms with Crippen LogP contribution in [-0.2, 0) is 11.0 Å². The van der Waals surface area contributed by atoms with Crippen LogP contribution in [0.25, 0.3) is 17.0 Å². The maximum Gasteiger partial charge on any atom is 0.433 e. The lowest BCUT2D eigenvalue weighted by atomic mass is 10.1. The number of aromatic amines is 1. The molecular formula is C18H8F3N3O6S. The molecule has 1 aliphatic rings. The molecule has 9 nitrogen and oxygen atoms in total. The Labute approximate surface area is 173 Å². The number of imide groups is 1. The van der Waals surface area contributed by atoms with E-state index in [4.69, 9.17) is 4.42 Å². The molecule has 0 aliphatic carbocycles. The maximum absolute atomic E-state index is 13.4. The Morgan fingerprint density at radius 3 is 2.52 bits per heavy atom. The largest absolute Gasteiger partial charge is 0.433 e. The van der Waals surface area contributed by atoms with Crippen LogP contribution in [0.2, 0.25) is 0 Å². The highest BCUT2D eigenvalue weighted by atomic mass is 32.2. The average molecular weight is 451 g/mol. The van der Waals surface area contributed by atoms with Gasteiger partial charge in [0.1, 0.15) is 10.7 Å². The molecule has 1 saturated heterocycles. The van der Waals surface area contributed by atoms with Gasteiger partial charge in [0, 0.05) is 23.0 Å². The minimum Gasteiger partial charge on any atom is -0.401 e. The predicted molar refractivity (Wildman–Crippen MR) is 103 cm³/mol. The third-order valence-electron chi connectivity index (χ3n) is 4.25. The van der Waals surface area contributed by atoms with Gasteiger partial charge in [0.2, 0.25) is 5.56 Å². The van der Waals surface area contributed by atoms with Crippen molar-refractivity contribution in [3.05, 3.63) is 73.1 Å². The molecule has 1 N–H and O–H groups in total. The van der Waals surface area contributed by atoms with Crippen molar-refractivity contribution in [1.29, 1.82) is 0 Å². The summed E-state index contributed by atoms with van der Waals surface area (Å²) in [6.07, 6.45) is -3.71. The predicted octanol–water partition coefficient (Wildman–Crippen LogP) is 4.29. The summed E-state index contributed by atoms with van der Waals surface area (Å²) in [7, 11) is 0. The second-order valence-electron chi connectivity index (χ2n) is 6.23. The van der Waals surface area contributed by atoms with Crippen LogP contribution >= 0.6 is 11.8 Å². The zero-order valence-electron chi connectivity index (χ0n) is 14.9. The molecule has 0 bridgehead atoms. The molecule has 2 aromatic heterocycles. The summed E-state index contributed by atoms with van der Waals surface area (Å²) in [6.45, 7) is 0. The van der Waals surface area contributed by atoms with E-state index in [0.29, 0.717) is 22.7 Å². The number of carbonyl (C=O) groups excluding carboxylic acids is 2. The first-order valence-electron chi connectivity index (χ1n) is 8.31. The summed E-state index contributed by atoms with van der Waals surface area (Å²) in [5.41, 5.74) is -2.41. The molecule has 13 heteroatoms. The number of nitro groups is 1. The number of hydrogen-bond donors (Lipinski definition) is 1. The Bertz CT molecular complexity index is 1360. The lowest BCUT2D eigenvalue weighted by Gasteiger charge is -2.15. The van der Waals surface area contributed by atoms with Crippen LogP contribution in [0.5, 0.6) is 0 Å². The summed E-state index contributed by atoms with van der Waals surface area (Å²) in [4.78, 5) is 49.3. The number of fused-ring (bicyclic) bond motifs is 1. The molecular weight excluding hydrogens is 443 g/mol. The lowest BCUT2D eigenvalue weighted by molar-refractivity contribution is -0.402. The smallest absolute Gasteiger partial charge is 0.401 e. The number of hydrogen-bond acceptors (Lipinski definition) is 7. The van der Waals surface area contributed by atoms with E-state index >= 15 is 0 Å². The Hall–Kier alpha value is -3.87. The molecule has 4 rings (SSSR count). The van der Waals surface area contributed by atoms with Gasteiger partial charge >= 0.3 is 12.1 Å². The van der Waals surface area contributed by atoms with E-state index in [1.807, 2.05) is 0 Å². The van der Waals surface area contributed by atoms with E-state index in [2.05, 4.69) is 4.98 Å². The highest BCUT2D eigenvalue weighted by Gasteiger charge is 2.38. The summed E-state index contributed by atoms with van der Waals surface area (Å²) < 4.78 is 45.0. The van der Waals surface area contributed by atoms with Crippen molar-refractivity contribution < 1.29 is 32.1 Å². The molecule has 158 valence electrons. The standard InChI is InChI=1S/C18H8F3N3O6S/c19-18(20,21)11-7-14(25)22-12-3-1-8(5-10(11)12)23-16(26)13(31-17(23)27)6-9-2-4-15(30-9)24(28)29/h1-7H,(H,22,25)/b13-6-. The van der Waals surface area contributed by atoms with Crippen molar-refractivity contribution in [3.8, 4) is 0 Å². The van der Waals surface area contributed by atoms with Crippen LogP contribution in [-0.4, -0.2) is 21.1 Å². The van der Waals surface area contributed by atoms with Crippen LogP contribution in [0.3, 0.4) is 0 Å². The first-order chi connectivity index (χ1) is 14.5. The van der Waals surface area contributed by atoms with Gasteiger partial charge in [0.25, 0.3) is 11.1 Å². The molecule has 2 amide bonds. The zero-order chi connectivity index (χ0) is 22.5. The van der Waals surface area contributed by atoms with Gasteiger partial charge in [-0.25, -0.2) is 4.90 Å². The number of aromatic nitrogens is 1. The van der Waals surface area contributed by atoms with Crippen molar-refractivity contribution in [2.45, 2.75) is 6.18 Å². The average Bonchev–Trinajstić information content (AvgIpc) is 3.25. The summed E-state index contributed by atoms with van der Waals surface area (Å²) in [5, 5.41) is 9.51. The number of benzene rings is 1. The van der Waals surface area contributed by atoms with Gasteiger partial charge in [-0.2, -0.15) is 13.2 Å². The van der Waals surface area contributed by atoms with Gasteiger partial charge in [-0.1, -0.05) is 0 Å². The third kappa shape index (κ3) is 3.70. The fourth-order valence-corrected chi connectivity index (χ4v) is 3.77. The minimum atomic E-state index is -4.84. The number of nitrogens with zero attached hydrogens (tertiary/aromatic N) is 2. The topological polar surface area (TPSA) is 127 Å². The number of pyridine rings is 1. The number of H-pyrrole nitrogens is 1. The number of furan rings is 1. The number of thioether (sulfide) groups is 1. The molecule has 0 atom stereocenters. The van der Waals surface area contributed by atoms with Crippen molar-refractivity contribution in [2.24, 2.45) is 0 Å². The van der Waals surface area contributed by atoms with Gasteiger partial charge in [-0.3, -0.25) is 24.5 Å². The highest BCUT2D eigenvalue weighted by Crippen LogP contribution is 2.39. The van der Waals surface area contributed by atoms with E-state index in [9.17, 15) is 37.7 Å². The van der Waals surface area contributed by atoms with E-state index in [1.54, 1.807) is 0 Å². The number of nitrogens with one attached hydrogen (secondary N) is 1. The van der Waals surface area contributed by atoms with Crippen LogP contribution in [0, 0.1) is 10.1 Å². The first kappa shape index (κ1) is 20.4. The molecule has 1 aromatic carbocycles. The van der Waals surface area contributed by atoms with Crippen LogP contribution in [0.15, 0.2) is 50.5 Å². The Kier molecular flexibility index (Phi) is 4.69. The van der Waals surface area contributed by atoms with Crippen molar-refractivity contribution in [1.82, 2.24) is 4.98 Å². The van der Waals surface area contributed by atoms with Crippen LogP contribution in [0.1, 0.15) is 11.3 Å². The summed E-state index contributed by atoms with van der Waals surface area (Å²) in [6, 6.07) is 6.04. The van der Waals surface area contributed by atoms with Crippen LogP contribution in [0.4, 0.5) is 29.5 Å². The second-order valence-corrected chi connectivity index (χ2v) is 7.22. The molecule has 1 fully saturated rings. The van der Waals surface area contributed by atoms with Crippen LogP contribution < -0.4 is 10.5 Å². The first-order valence-corrected chi connectivity index (χ1v) is 9.13. The Morgan fingerprint density at radius 2 is 1.87 bits per heavy atom. The molecule has 0 unspecified atom stereocenters. The summed E-state index contributed by atoms with van der Waals surface area (Å²) >= 11 is 0.495. The van der Waals surface area contributed by atoms with E-state index in [1.165, 1.54) is 12.1 Å². The number of rotatable bonds is 3. The van der Waals surface area contributed by atoms with Gasteiger partial charge in [0.05, 0.1) is 22.2 Å². The Morgan fingerprint density at radius 1 is 1.13 bits per heavy atom. The lowest BCUT2D eigenvalue weighted by Crippen LogP contribution is -2.27. The molecule has 3 heterocycles. The molecule has 0 saturated carbocycles. The fraction of sp³-hybridized carbons (Fsp3) is 0.0556. The van der Waals surface area contributed by atoms with Crippen molar-refractivity contribution in [3.63, 3.8) is 0 Å². The molecule has 0 spiro atoms. The fourth-order valence-electron chi connectivity index (χ4n) is 2.95. The maximum atomic E-state index is 13.4. The number of halogens is 3. The number of anilines is 1. The quantitative estimate of drug-likeness (QED) is 0.358. The van der Waals surface area contributed by atoms with E-state index < -0.39 is 44.6 Å². The van der Waals surface area contributed by atoms with Crippen molar-refractivity contribution >= 4 is 51.5 Å². The monoisotopic (exact) mass is 451 g/mol. The highest BCUT2D eigenvalue weighted by molar-refractivity contribution is 8.19. The van der Waals surface area contributed by atoms with E-state index in [0.717, 1.165) is 24.3 Å². The third-order valence-corrected chi connectivity index (χ3v) is 5.12. The molecule has 1 aliphatic heterocycles. The van der Waals surface area contributed by atoms with Gasteiger partial charge in [0.15, 0.2) is 0 Å². The van der Waals surface area contributed by atoms with Gasteiger partial charge in [-0.05, 0) is 36.0 Å².